The Morgan fingerprint density at radius 3 is 1.22 bits per heavy atom. The Morgan fingerprint density at radius 1 is 0.578 bits per heavy atom. The Morgan fingerprint density at radius 2 is 0.917 bits per heavy atom. The third kappa shape index (κ3) is 45.8. The van der Waals surface area contributed by atoms with Crippen LogP contribution in [0.3, 0.4) is 0 Å². The molecule has 5 aromatic carbocycles. The third-order valence-electron chi connectivity index (χ3n) is 16.3. The first-order chi connectivity index (χ1) is 52.0. The van der Waals surface area contributed by atoms with E-state index in [2.05, 4.69) is 34.7 Å². The predicted octanol–water partition coefficient (Wildman–Crippen LogP) is 13.8. The van der Waals surface area contributed by atoms with Gasteiger partial charge in [0.2, 0.25) is 29.1 Å². The molecule has 0 spiro atoms. The summed E-state index contributed by atoms with van der Waals surface area (Å²) in [6, 6.07) is 37.2. The Balaban J connectivity index is 0.00000124. The van der Waals surface area contributed by atoms with E-state index < -0.39 is 63.4 Å². The maximum absolute atomic E-state index is 12.4. The van der Waals surface area contributed by atoms with Gasteiger partial charge in [0.1, 0.15) is 6.29 Å². The number of nitrogens with two attached hydrogens (primary N) is 2. The van der Waals surface area contributed by atoms with Crippen molar-refractivity contribution in [1.29, 1.82) is 15.8 Å². The molecule has 28 nitrogen and oxygen atoms in total. The maximum atomic E-state index is 12.4. The molecule has 2 radical (unpaired) electrons. The fourth-order valence-electron chi connectivity index (χ4n) is 10.7. The number of esters is 1. The number of nitro benzene ring substituents is 2. The average Bonchev–Trinajstić information content (AvgIpc) is 1.13. The topological polar surface area (TPSA) is 479 Å². The van der Waals surface area contributed by atoms with Crippen molar-refractivity contribution in [3.63, 3.8) is 0 Å². The highest BCUT2D eigenvalue weighted by molar-refractivity contribution is 8.14. The molecule has 2 aliphatic heterocycles. The molecular weight excluding hydrogens is 1510 g/mol. The largest absolute Gasteiger partial charge is 0.466 e. The molecule has 10 rings (SSSR count). The number of aliphatic hydroxyl groups excluding tert-OH is 4. The summed E-state index contributed by atoms with van der Waals surface area (Å²) in [6.07, 6.45) is 18.2. The van der Waals surface area contributed by atoms with Crippen molar-refractivity contribution >= 4 is 101 Å². The van der Waals surface area contributed by atoms with Gasteiger partial charge in [-0.05, 0) is 149 Å². The number of carbonyl (C=O) groups excluding carboxylic acids is 2. The molecule has 10 N–H and O–H groups in total. The van der Waals surface area contributed by atoms with Crippen molar-refractivity contribution in [2.75, 3.05) is 61.0 Å². The highest BCUT2D eigenvalue weighted by atomic mass is 35.7. The molecule has 4 atom stereocenters. The van der Waals surface area contributed by atoms with Gasteiger partial charge < -0.3 is 46.1 Å². The molecule has 2 saturated heterocycles. The van der Waals surface area contributed by atoms with Gasteiger partial charge in [-0.1, -0.05) is 125 Å². The monoisotopic (exact) mass is 1610 g/mol. The number of non-ortho nitro benzene ring substituents is 2. The van der Waals surface area contributed by atoms with E-state index in [0.717, 1.165) is 110 Å². The minimum atomic E-state index is -3.39. The first kappa shape index (κ1) is 101. The predicted molar refractivity (Wildman–Crippen MR) is 429 cm³/mol. The van der Waals surface area contributed by atoms with Crippen LogP contribution in [0.2, 0.25) is 6.82 Å². The molecule has 5 aromatic rings. The quantitative estimate of drug-likeness (QED) is 0.00511. The van der Waals surface area contributed by atoms with Gasteiger partial charge in [0.25, 0.3) is 11.4 Å². The van der Waals surface area contributed by atoms with Crippen LogP contribution in [0.25, 0.3) is 0 Å². The number of thiol groups is 1. The summed E-state index contributed by atoms with van der Waals surface area (Å²) in [6.45, 7) is 9.54. The second-order valence-electron chi connectivity index (χ2n) is 24.6. The van der Waals surface area contributed by atoms with Crippen LogP contribution < -0.4 is 20.9 Å². The number of aldehydes is 1. The van der Waals surface area contributed by atoms with Crippen molar-refractivity contribution in [1.82, 2.24) is 0 Å². The summed E-state index contributed by atoms with van der Waals surface area (Å²) >= 11 is 3.53. The average molecular weight is 1620 g/mol. The zero-order valence-electron chi connectivity index (χ0n) is 62.6. The fraction of sp³-hybridized carbons (Fsp3) is 0.533. The molecule has 602 valence electrons. The number of nitrogens with one attached hydrogen (secondary N) is 2. The lowest BCUT2D eigenvalue weighted by atomic mass is 10.0. The summed E-state index contributed by atoms with van der Waals surface area (Å²) in [5.74, 6) is -0.211. The highest BCUT2D eigenvalue weighted by Gasteiger charge is 2.29. The van der Waals surface area contributed by atoms with E-state index in [1.807, 2.05) is 12.1 Å². The molecule has 109 heavy (non-hydrogen) atoms. The number of nitrogens with zero attached hydrogens (tertiary/aromatic N) is 5. The molecular formula is C75H109BClN9O19S4. The minimum Gasteiger partial charge on any atom is -0.466 e. The van der Waals surface area contributed by atoms with E-state index >= 15 is 0 Å². The van der Waals surface area contributed by atoms with Crippen LogP contribution in [0, 0.1) is 54.2 Å². The maximum Gasteiger partial charge on any atom is 0.302 e. The molecule has 4 unspecified atom stereocenters. The van der Waals surface area contributed by atoms with Gasteiger partial charge in [-0.15, -0.1) is 0 Å². The molecule has 5 aliphatic rings. The zero-order valence-corrected chi connectivity index (χ0v) is 66.7. The number of carbonyl (C=O) groups is 2. The number of sulfonamides is 2. The Hall–Kier alpha value is -7.82. The Kier molecular flexibility index (Phi) is 55.7. The minimum absolute atomic E-state index is 0.0151. The molecule has 34 heteroatoms. The van der Waals surface area contributed by atoms with E-state index in [9.17, 15) is 75.5 Å². The molecule has 0 aromatic heterocycles. The Labute approximate surface area is 654 Å². The molecule has 0 bridgehead atoms. The van der Waals surface area contributed by atoms with E-state index in [4.69, 9.17) is 47.4 Å². The summed E-state index contributed by atoms with van der Waals surface area (Å²) in [7, 11) is -0.305. The standard InChI is InChI=1S/C15H24N2O3S.C15H20N2O3S.C9H8N2O3.C9H10N2O.C7H5NO3.C6H11ClO2S.C4H8O2.2C4H8O.CH3B.CH4S/c2*16-10-9-15(18)12-5-4-6-13(11-12)17-21(19,20)14-7-2-1-3-8-14;10-5-4-9(12)7-2-1-3-8(6-7)11(13)14;10-5-4-9(12)7-2-1-3-8(11)6-7;9-5-6-2-1-3-7(4-6)8(10)11;7-10(8,9)6-4-2-1-3-5-6;1-3-6-4(2)5;2*1-2-4-5-3-1;2*1-2/h4-6,11,14-15,17-18H,1-3,7-10,16H2;4-6,11,14-15,17-18H,1-3,7-9H2;1-3,6,9,12H,4H2;1-3,6,9,12H,4,11H2;1-5H;6H,1-5H2;3H2,1-2H3;2*1-4H2;1H3;2H,1H3. The van der Waals surface area contributed by atoms with Crippen LogP contribution in [0.4, 0.5) is 28.4 Å². The zero-order chi connectivity index (χ0) is 82.1. The number of aliphatic hydroxyl groups is 4. The summed E-state index contributed by atoms with van der Waals surface area (Å²) in [4.78, 5) is 39.5. The van der Waals surface area contributed by atoms with Crippen LogP contribution in [-0.2, 0) is 48.1 Å². The van der Waals surface area contributed by atoms with Crippen LogP contribution in [0.1, 0.15) is 219 Å². The van der Waals surface area contributed by atoms with E-state index in [0.29, 0.717) is 83.6 Å². The SMILES string of the molecule is C1CCOC1.C1CCOC1.CCOC(C)=O.CS.N#CCC(O)c1cccc(N)c1.N#CCC(O)c1cccc(NS(=O)(=O)C2CCCCC2)c1.N#CCC(O)c1cccc([N+](=O)[O-])c1.NCCC(O)c1cccc(NS(=O)(=O)C2CCCCC2)c1.O=Cc1cccc([N+](=O)[O-])c1.O=S(=O)(Cl)C1CCCCC1.[B]C. The lowest BCUT2D eigenvalue weighted by Gasteiger charge is -2.22. The molecule has 0 amide bonds. The van der Waals surface area contributed by atoms with E-state index in [1.165, 1.54) is 81.9 Å². The van der Waals surface area contributed by atoms with Gasteiger partial charge in [0.15, 0.2) is 0 Å². The number of ether oxygens (including phenoxy) is 3. The number of nitro groups is 2. The molecule has 2 heterocycles. The smallest absolute Gasteiger partial charge is 0.302 e. The summed E-state index contributed by atoms with van der Waals surface area (Å²) in [5.41, 5.74) is 15.0. The number of anilines is 3. The number of rotatable bonds is 20. The van der Waals surface area contributed by atoms with Crippen LogP contribution in [0.15, 0.2) is 121 Å². The number of nitrogen functional groups attached to an aromatic ring is 1. The van der Waals surface area contributed by atoms with Crippen molar-refractivity contribution in [2.24, 2.45) is 5.73 Å². The highest BCUT2D eigenvalue weighted by Crippen LogP contribution is 2.30. The van der Waals surface area contributed by atoms with Gasteiger partial charge in [0.05, 0.1) is 102 Å². The second kappa shape index (κ2) is 60.0. The Bertz CT molecular complexity index is 3840. The van der Waals surface area contributed by atoms with E-state index in [-0.39, 0.29) is 52.4 Å². The van der Waals surface area contributed by atoms with Crippen molar-refractivity contribution in [3.8, 4) is 18.2 Å². The summed E-state index contributed by atoms with van der Waals surface area (Å²) < 4.78 is 90.5. The number of benzene rings is 5. The third-order valence-corrected chi connectivity index (χ3v) is 22.0. The first-order valence-corrected chi connectivity index (χ1v) is 42.2. The van der Waals surface area contributed by atoms with Crippen LogP contribution in [-0.4, -0.2) is 137 Å². The van der Waals surface area contributed by atoms with Gasteiger partial charge in [-0.25, -0.2) is 25.3 Å². The van der Waals surface area contributed by atoms with Gasteiger partial charge in [-0.2, -0.15) is 28.4 Å². The van der Waals surface area contributed by atoms with Gasteiger partial charge in [0, 0.05) is 90.9 Å². The van der Waals surface area contributed by atoms with E-state index in [1.54, 1.807) is 98.1 Å². The van der Waals surface area contributed by atoms with Gasteiger partial charge in [-0.3, -0.25) is 39.3 Å². The lowest BCUT2D eigenvalue weighted by Crippen LogP contribution is -2.29. The van der Waals surface area contributed by atoms with Gasteiger partial charge >= 0.3 is 5.97 Å². The van der Waals surface area contributed by atoms with Crippen molar-refractivity contribution < 1.29 is 79.3 Å². The number of halogens is 1. The molecule has 3 aliphatic carbocycles. The summed E-state index contributed by atoms with van der Waals surface area (Å²) in [5, 5.41) is 83.4. The first-order valence-electron chi connectivity index (χ1n) is 35.9. The van der Waals surface area contributed by atoms with Crippen LogP contribution >= 0.6 is 23.3 Å². The fourth-order valence-corrected chi connectivity index (χ4v) is 15.3. The lowest BCUT2D eigenvalue weighted by molar-refractivity contribution is -0.385. The molecule has 3 saturated carbocycles. The number of hydrogen-bond acceptors (Lipinski definition) is 25. The van der Waals surface area contributed by atoms with Crippen molar-refractivity contribution in [3.05, 3.63) is 169 Å². The van der Waals surface area contributed by atoms with Crippen molar-refractivity contribution in [2.45, 2.75) is 209 Å². The van der Waals surface area contributed by atoms with Crippen LogP contribution in [0.5, 0.6) is 0 Å². The normalized spacial score (nSPS) is 15.6. The molecule has 5 fully saturated rings. The second-order valence-corrected chi connectivity index (χ2v) is 31.4. The number of nitriles is 3. The number of hydrogen-bond donors (Lipinski definition) is 9.